The Balaban J connectivity index is 1.98. The van der Waals surface area contributed by atoms with Crippen LogP contribution in [0.3, 0.4) is 0 Å². The van der Waals surface area contributed by atoms with Crippen molar-refractivity contribution in [3.05, 3.63) is 45.4 Å². The third-order valence-corrected chi connectivity index (χ3v) is 3.94. The molecule has 22 heavy (non-hydrogen) atoms. The smallest absolute Gasteiger partial charge is 0.341 e. The van der Waals surface area contributed by atoms with Gasteiger partial charge < -0.3 is 15.2 Å². The van der Waals surface area contributed by atoms with Gasteiger partial charge >= 0.3 is 5.97 Å². The number of ether oxygens (including phenoxy) is 1. The van der Waals surface area contributed by atoms with Crippen molar-refractivity contribution in [1.82, 2.24) is 10.3 Å². The second-order valence-electron chi connectivity index (χ2n) is 4.63. The van der Waals surface area contributed by atoms with Crippen molar-refractivity contribution in [1.29, 1.82) is 0 Å². The first kappa shape index (κ1) is 16.0. The fraction of sp³-hybridized carbons (Fsp3) is 0.267. The Morgan fingerprint density at radius 1 is 1.36 bits per heavy atom. The van der Waals surface area contributed by atoms with Gasteiger partial charge in [-0.15, -0.1) is 11.3 Å². The van der Waals surface area contributed by atoms with Crippen LogP contribution in [0.4, 0.5) is 0 Å². The number of nitrogens with one attached hydrogen (secondary N) is 1. The lowest BCUT2D eigenvalue weighted by atomic mass is 10.2. The number of carbonyl (C=O) groups excluding carboxylic acids is 1. The van der Waals surface area contributed by atoms with Gasteiger partial charge in [-0.2, -0.15) is 0 Å². The summed E-state index contributed by atoms with van der Waals surface area (Å²) in [5.41, 5.74) is 1.34. The van der Waals surface area contributed by atoms with Gasteiger partial charge in [-0.1, -0.05) is 6.07 Å². The zero-order chi connectivity index (χ0) is 16.1. The van der Waals surface area contributed by atoms with Crippen molar-refractivity contribution in [3.63, 3.8) is 0 Å². The molecule has 0 atom stereocenters. The predicted molar refractivity (Wildman–Crippen MR) is 82.3 cm³/mol. The molecule has 0 saturated heterocycles. The van der Waals surface area contributed by atoms with Gasteiger partial charge in [0.1, 0.15) is 5.75 Å². The number of hydrogen-bond acceptors (Lipinski definition) is 5. The van der Waals surface area contributed by atoms with E-state index in [0.717, 1.165) is 15.6 Å². The summed E-state index contributed by atoms with van der Waals surface area (Å²) < 4.78 is 5.06. The lowest BCUT2D eigenvalue weighted by Gasteiger charge is -2.07. The Bertz CT molecular complexity index is 697. The van der Waals surface area contributed by atoms with E-state index in [9.17, 15) is 9.59 Å². The molecule has 0 spiro atoms. The lowest BCUT2D eigenvalue weighted by Crippen LogP contribution is -2.22. The molecular formula is C15H16N2O4S. The van der Waals surface area contributed by atoms with Crippen molar-refractivity contribution in [2.75, 3.05) is 6.61 Å². The maximum Gasteiger partial charge on any atom is 0.341 e. The summed E-state index contributed by atoms with van der Waals surface area (Å²) in [5, 5.41) is 12.4. The molecule has 0 fully saturated rings. The van der Waals surface area contributed by atoms with Gasteiger partial charge in [-0.05, 0) is 32.0 Å². The lowest BCUT2D eigenvalue weighted by molar-refractivity contribution is -0.139. The Kier molecular flexibility index (Phi) is 5.11. The van der Waals surface area contributed by atoms with E-state index in [1.54, 1.807) is 29.5 Å². The molecule has 116 valence electrons. The van der Waals surface area contributed by atoms with Crippen molar-refractivity contribution >= 4 is 23.2 Å². The third-order valence-electron chi connectivity index (χ3n) is 2.87. The fourth-order valence-electron chi connectivity index (χ4n) is 1.87. The molecule has 0 unspecified atom stereocenters. The molecule has 0 radical (unpaired) electrons. The average Bonchev–Trinajstić information content (AvgIpc) is 2.81. The molecular weight excluding hydrogens is 304 g/mol. The van der Waals surface area contributed by atoms with Crippen LogP contribution in [0.2, 0.25) is 0 Å². The van der Waals surface area contributed by atoms with Gasteiger partial charge in [0, 0.05) is 10.4 Å². The summed E-state index contributed by atoms with van der Waals surface area (Å²) >= 11 is 1.55. The molecule has 0 bridgehead atoms. The Morgan fingerprint density at radius 2 is 2.14 bits per heavy atom. The quantitative estimate of drug-likeness (QED) is 0.851. The van der Waals surface area contributed by atoms with E-state index < -0.39 is 12.6 Å². The highest BCUT2D eigenvalue weighted by molar-refractivity contribution is 7.11. The Morgan fingerprint density at radius 3 is 2.77 bits per heavy atom. The van der Waals surface area contributed by atoms with Crippen LogP contribution in [-0.4, -0.2) is 28.6 Å². The first-order chi connectivity index (χ1) is 10.5. The van der Waals surface area contributed by atoms with E-state index in [1.807, 2.05) is 13.8 Å². The highest BCUT2D eigenvalue weighted by atomic mass is 32.1. The van der Waals surface area contributed by atoms with E-state index in [-0.39, 0.29) is 5.91 Å². The van der Waals surface area contributed by atoms with Crippen LogP contribution in [-0.2, 0) is 11.3 Å². The minimum atomic E-state index is -1.06. The number of hydrogen-bond donors (Lipinski definition) is 2. The van der Waals surface area contributed by atoms with E-state index in [0.29, 0.717) is 17.9 Å². The first-order valence-electron chi connectivity index (χ1n) is 6.61. The number of carbonyl (C=O) groups is 2. The van der Waals surface area contributed by atoms with E-state index in [1.165, 1.54) is 6.07 Å². The van der Waals surface area contributed by atoms with E-state index in [4.69, 9.17) is 9.84 Å². The zero-order valence-electron chi connectivity index (χ0n) is 12.3. The van der Waals surface area contributed by atoms with Crippen molar-refractivity contribution in [2.45, 2.75) is 20.4 Å². The van der Waals surface area contributed by atoms with Crippen molar-refractivity contribution < 1.29 is 19.4 Å². The van der Waals surface area contributed by atoms with Crippen molar-refractivity contribution in [2.24, 2.45) is 0 Å². The van der Waals surface area contributed by atoms with Gasteiger partial charge in [0.05, 0.1) is 17.2 Å². The number of benzene rings is 1. The molecule has 1 aromatic heterocycles. The number of amides is 1. The standard InChI is InChI=1S/C15H16N2O4S/c1-9-13(22-10(2)17-9)7-16-15(20)11-4-3-5-12(6-11)21-8-14(18)19/h3-6H,7-8H2,1-2H3,(H,16,20)(H,18,19). The first-order valence-corrected chi connectivity index (χ1v) is 7.43. The molecule has 0 aliphatic heterocycles. The summed E-state index contributed by atoms with van der Waals surface area (Å²) in [4.78, 5) is 27.9. The largest absolute Gasteiger partial charge is 0.482 e. The molecule has 2 rings (SSSR count). The number of aromatic nitrogens is 1. The summed E-state index contributed by atoms with van der Waals surface area (Å²) in [6.07, 6.45) is 0. The summed E-state index contributed by atoms with van der Waals surface area (Å²) in [7, 11) is 0. The van der Waals surface area contributed by atoms with Gasteiger partial charge in [0.15, 0.2) is 6.61 Å². The van der Waals surface area contributed by atoms with Gasteiger partial charge in [-0.25, -0.2) is 9.78 Å². The second-order valence-corrected chi connectivity index (χ2v) is 5.92. The number of carboxylic acids is 1. The molecule has 2 N–H and O–H groups in total. The molecule has 1 aromatic carbocycles. The molecule has 1 heterocycles. The number of aliphatic carboxylic acids is 1. The van der Waals surface area contributed by atoms with Crippen LogP contribution in [0.1, 0.15) is 25.9 Å². The highest BCUT2D eigenvalue weighted by Gasteiger charge is 2.10. The molecule has 1 amide bonds. The number of carboxylic acid groups (broad SMARTS) is 1. The number of thiazole rings is 1. The molecule has 2 aromatic rings. The van der Waals surface area contributed by atoms with Crippen LogP contribution in [0.5, 0.6) is 5.75 Å². The van der Waals surface area contributed by atoms with Crippen LogP contribution < -0.4 is 10.1 Å². The third kappa shape index (κ3) is 4.29. The van der Waals surface area contributed by atoms with Crippen LogP contribution >= 0.6 is 11.3 Å². The molecule has 0 aliphatic rings. The molecule has 0 saturated carbocycles. The number of rotatable bonds is 6. The average molecular weight is 320 g/mol. The van der Waals surface area contributed by atoms with Gasteiger partial charge in [0.2, 0.25) is 0 Å². The Hall–Kier alpha value is -2.41. The van der Waals surface area contributed by atoms with Crippen LogP contribution in [0, 0.1) is 13.8 Å². The minimum absolute atomic E-state index is 0.244. The van der Waals surface area contributed by atoms with Gasteiger partial charge in [0.25, 0.3) is 5.91 Å². The second kappa shape index (κ2) is 7.04. The molecule has 7 heteroatoms. The van der Waals surface area contributed by atoms with Gasteiger partial charge in [-0.3, -0.25) is 4.79 Å². The predicted octanol–water partition coefficient (Wildman–Crippen LogP) is 2.15. The highest BCUT2D eigenvalue weighted by Crippen LogP contribution is 2.17. The molecule has 6 nitrogen and oxygen atoms in total. The van der Waals surface area contributed by atoms with Crippen LogP contribution in [0.25, 0.3) is 0 Å². The number of nitrogens with zero attached hydrogens (tertiary/aromatic N) is 1. The van der Waals surface area contributed by atoms with Crippen molar-refractivity contribution in [3.8, 4) is 5.75 Å². The summed E-state index contributed by atoms with van der Waals surface area (Å²) in [5.74, 6) is -0.961. The van der Waals surface area contributed by atoms with E-state index >= 15 is 0 Å². The monoisotopic (exact) mass is 320 g/mol. The number of aryl methyl sites for hydroxylation is 2. The van der Waals surface area contributed by atoms with E-state index in [2.05, 4.69) is 10.3 Å². The topological polar surface area (TPSA) is 88.5 Å². The normalized spacial score (nSPS) is 10.3. The summed E-state index contributed by atoms with van der Waals surface area (Å²) in [6.45, 7) is 3.80. The maximum absolute atomic E-state index is 12.1. The fourth-order valence-corrected chi connectivity index (χ4v) is 2.75. The zero-order valence-corrected chi connectivity index (χ0v) is 13.1. The maximum atomic E-state index is 12.1. The van der Waals surface area contributed by atoms with Crippen LogP contribution in [0.15, 0.2) is 24.3 Å². The Labute approximate surface area is 131 Å². The SMILES string of the molecule is Cc1nc(C)c(CNC(=O)c2cccc(OCC(=O)O)c2)s1. The minimum Gasteiger partial charge on any atom is -0.482 e. The molecule has 0 aliphatic carbocycles. The summed E-state index contributed by atoms with van der Waals surface area (Å²) in [6, 6.07) is 6.42.